The van der Waals surface area contributed by atoms with E-state index < -0.39 is 0 Å². The van der Waals surface area contributed by atoms with E-state index in [1.165, 1.54) is 4.88 Å². The number of nitrogens with zero attached hydrogens (tertiary/aromatic N) is 2. The van der Waals surface area contributed by atoms with Crippen LogP contribution in [-0.2, 0) is 11.3 Å². The number of hydrogen-bond acceptors (Lipinski definition) is 4. The highest BCUT2D eigenvalue weighted by atomic mass is 35.5. The molecule has 0 unspecified atom stereocenters. The second-order valence-electron chi connectivity index (χ2n) is 5.69. The van der Waals surface area contributed by atoms with Crippen LogP contribution in [0.3, 0.4) is 0 Å². The summed E-state index contributed by atoms with van der Waals surface area (Å²) < 4.78 is 6.63. The van der Waals surface area contributed by atoms with Gasteiger partial charge in [-0.05, 0) is 30.7 Å². The van der Waals surface area contributed by atoms with E-state index in [4.69, 9.17) is 16.3 Å². The van der Waals surface area contributed by atoms with Crippen molar-refractivity contribution in [2.75, 3.05) is 39.6 Å². The molecule has 2 rings (SSSR count). The summed E-state index contributed by atoms with van der Waals surface area (Å²) in [4.78, 5) is 7.81. The van der Waals surface area contributed by atoms with Crippen molar-refractivity contribution in [3.8, 4) is 0 Å². The van der Waals surface area contributed by atoms with Crippen LogP contribution in [0.2, 0.25) is 4.34 Å². The lowest BCUT2D eigenvalue weighted by Crippen LogP contribution is -2.48. The molecule has 4 nitrogen and oxygen atoms in total. The van der Waals surface area contributed by atoms with Crippen LogP contribution in [0.4, 0.5) is 0 Å². The van der Waals surface area contributed by atoms with E-state index in [9.17, 15) is 0 Å². The van der Waals surface area contributed by atoms with E-state index in [2.05, 4.69) is 35.2 Å². The van der Waals surface area contributed by atoms with Gasteiger partial charge >= 0.3 is 0 Å². The number of thiophene rings is 1. The fourth-order valence-corrected chi connectivity index (χ4v) is 5.18. The number of rotatable bonds is 6. The predicted octanol–water partition coefficient (Wildman–Crippen LogP) is 3.71. The third-order valence-electron chi connectivity index (χ3n) is 4.02. The van der Waals surface area contributed by atoms with Gasteiger partial charge in [0.15, 0.2) is 5.96 Å². The van der Waals surface area contributed by atoms with Gasteiger partial charge in [-0.1, -0.05) is 18.5 Å². The molecule has 0 saturated carbocycles. The summed E-state index contributed by atoms with van der Waals surface area (Å²) in [7, 11) is 3.90. The van der Waals surface area contributed by atoms with E-state index in [1.807, 2.05) is 24.9 Å². The molecular weight excluding hydrogens is 350 g/mol. The number of nitrogens with one attached hydrogen (secondary N) is 1. The van der Waals surface area contributed by atoms with Gasteiger partial charge in [-0.25, -0.2) is 0 Å². The number of halogens is 1. The second-order valence-corrected chi connectivity index (χ2v) is 9.22. The van der Waals surface area contributed by atoms with Crippen molar-refractivity contribution in [2.24, 2.45) is 4.99 Å². The van der Waals surface area contributed by atoms with Crippen LogP contribution in [0.1, 0.15) is 24.6 Å². The van der Waals surface area contributed by atoms with Gasteiger partial charge in [0, 0.05) is 43.5 Å². The van der Waals surface area contributed by atoms with Crippen LogP contribution in [0.25, 0.3) is 0 Å². The van der Waals surface area contributed by atoms with Crippen molar-refractivity contribution >= 4 is 40.7 Å². The van der Waals surface area contributed by atoms with Crippen LogP contribution in [0.5, 0.6) is 0 Å². The van der Waals surface area contributed by atoms with Gasteiger partial charge in [0.1, 0.15) is 0 Å². The Hall–Kier alpha value is -0.430. The van der Waals surface area contributed by atoms with Gasteiger partial charge in [-0.2, -0.15) is 11.8 Å². The first-order valence-corrected chi connectivity index (χ1v) is 10.1. The maximum absolute atomic E-state index is 6.01. The molecule has 0 bridgehead atoms. The number of hydrogen-bond donors (Lipinski definition) is 1. The van der Waals surface area contributed by atoms with E-state index in [0.29, 0.717) is 0 Å². The number of guanidine groups is 1. The number of ether oxygens (including phenoxy) is 1. The lowest BCUT2D eigenvalue weighted by molar-refractivity contribution is 0.0780. The van der Waals surface area contributed by atoms with Crippen LogP contribution in [0, 0.1) is 0 Å². The van der Waals surface area contributed by atoms with Gasteiger partial charge in [0.25, 0.3) is 0 Å². The van der Waals surface area contributed by atoms with Crippen LogP contribution >= 0.6 is 34.7 Å². The number of thioether (sulfide) groups is 1. The van der Waals surface area contributed by atoms with Crippen LogP contribution in [-0.4, -0.2) is 55.2 Å². The first-order chi connectivity index (χ1) is 11.1. The Balaban J connectivity index is 1.92. The summed E-state index contributed by atoms with van der Waals surface area (Å²) in [5.74, 6) is 2.06. The Kier molecular flexibility index (Phi) is 7.53. The summed E-state index contributed by atoms with van der Waals surface area (Å²) in [6, 6.07) is 4.02. The minimum atomic E-state index is 0.260. The molecule has 130 valence electrons. The molecule has 1 aliphatic rings. The molecule has 2 heterocycles. The third kappa shape index (κ3) is 5.55. The van der Waals surface area contributed by atoms with Crippen molar-refractivity contribution in [2.45, 2.75) is 31.1 Å². The highest BCUT2D eigenvalue weighted by Gasteiger charge is 2.33. The lowest BCUT2D eigenvalue weighted by atomic mass is 9.99. The zero-order chi connectivity index (χ0) is 16.7. The second kappa shape index (κ2) is 9.16. The van der Waals surface area contributed by atoms with Crippen molar-refractivity contribution in [3.05, 3.63) is 21.3 Å². The van der Waals surface area contributed by atoms with E-state index in [1.54, 1.807) is 11.3 Å². The molecule has 23 heavy (non-hydrogen) atoms. The van der Waals surface area contributed by atoms with Crippen molar-refractivity contribution < 1.29 is 4.74 Å². The molecule has 1 aliphatic heterocycles. The van der Waals surface area contributed by atoms with E-state index >= 15 is 0 Å². The van der Waals surface area contributed by atoms with Gasteiger partial charge in [-0.15, -0.1) is 11.3 Å². The zero-order valence-electron chi connectivity index (χ0n) is 14.1. The molecule has 1 saturated heterocycles. The highest BCUT2D eigenvalue weighted by molar-refractivity contribution is 8.00. The predicted molar refractivity (Wildman–Crippen MR) is 103 cm³/mol. The maximum Gasteiger partial charge on any atom is 0.193 e. The Labute approximate surface area is 152 Å². The Morgan fingerprint density at radius 3 is 2.78 bits per heavy atom. The molecule has 1 N–H and O–H groups in total. The Bertz CT molecular complexity index is 510. The Morgan fingerprint density at radius 1 is 1.48 bits per heavy atom. The molecule has 1 aromatic heterocycles. The first-order valence-electron chi connectivity index (χ1n) is 7.96. The van der Waals surface area contributed by atoms with Gasteiger partial charge in [0.2, 0.25) is 0 Å². The molecular formula is C16H26ClN3OS2. The fourth-order valence-electron chi connectivity index (χ4n) is 2.79. The van der Waals surface area contributed by atoms with Crippen molar-refractivity contribution in [1.82, 2.24) is 10.2 Å². The third-order valence-corrected chi connectivity index (χ3v) is 6.69. The molecule has 0 spiro atoms. The van der Waals surface area contributed by atoms with Crippen molar-refractivity contribution in [3.63, 3.8) is 0 Å². The first kappa shape index (κ1) is 18.9. The molecule has 0 atom stereocenters. The minimum absolute atomic E-state index is 0.260. The summed E-state index contributed by atoms with van der Waals surface area (Å²) >= 11 is 9.67. The largest absolute Gasteiger partial charge is 0.381 e. The SMILES string of the molecule is CCSC1(CNC(=NC)N(C)Cc2ccc(Cl)s2)CCOCC1. The smallest absolute Gasteiger partial charge is 0.193 e. The topological polar surface area (TPSA) is 36.9 Å². The molecule has 0 aromatic carbocycles. The normalized spacial score (nSPS) is 18.0. The zero-order valence-corrected chi connectivity index (χ0v) is 16.5. The standard InChI is InChI=1S/C16H26ClN3OS2/c1-4-22-16(7-9-21-10-8-16)12-19-15(18-2)20(3)11-13-5-6-14(17)23-13/h5-6H,4,7-12H2,1-3H3,(H,18,19). The van der Waals surface area contributed by atoms with Crippen LogP contribution < -0.4 is 5.32 Å². The molecule has 7 heteroatoms. The highest BCUT2D eigenvalue weighted by Crippen LogP contribution is 2.34. The number of aliphatic imine (C=N–C) groups is 1. The minimum Gasteiger partial charge on any atom is -0.381 e. The van der Waals surface area contributed by atoms with E-state index in [-0.39, 0.29) is 4.75 Å². The molecule has 1 fully saturated rings. The lowest BCUT2D eigenvalue weighted by Gasteiger charge is -2.37. The van der Waals surface area contributed by atoms with Gasteiger partial charge in [-0.3, -0.25) is 4.99 Å². The van der Waals surface area contributed by atoms with Gasteiger partial charge < -0.3 is 15.0 Å². The summed E-state index contributed by atoms with van der Waals surface area (Å²) in [5, 5.41) is 3.56. The average Bonchev–Trinajstić information content (AvgIpc) is 2.94. The van der Waals surface area contributed by atoms with Crippen LogP contribution in [0.15, 0.2) is 17.1 Å². The summed E-state index contributed by atoms with van der Waals surface area (Å²) in [5.41, 5.74) is 0. The summed E-state index contributed by atoms with van der Waals surface area (Å²) in [6.45, 7) is 5.68. The van der Waals surface area contributed by atoms with E-state index in [0.717, 1.165) is 55.2 Å². The molecule has 1 aromatic rings. The molecule has 0 amide bonds. The van der Waals surface area contributed by atoms with Gasteiger partial charge in [0.05, 0.1) is 10.9 Å². The van der Waals surface area contributed by atoms with Crippen molar-refractivity contribution in [1.29, 1.82) is 0 Å². The molecule has 0 aliphatic carbocycles. The monoisotopic (exact) mass is 375 g/mol. The quantitative estimate of drug-likeness (QED) is 0.607. The fraction of sp³-hybridized carbons (Fsp3) is 0.688. The summed E-state index contributed by atoms with van der Waals surface area (Å²) in [6.07, 6.45) is 2.19. The Morgan fingerprint density at radius 2 is 2.22 bits per heavy atom. The average molecular weight is 376 g/mol. The molecule has 0 radical (unpaired) electrons. The maximum atomic E-state index is 6.01.